The number of benzene rings is 1. The Morgan fingerprint density at radius 1 is 1.07 bits per heavy atom. The van der Waals surface area contributed by atoms with Crippen molar-refractivity contribution in [1.82, 2.24) is 13.9 Å². The number of hydrogen-bond acceptors (Lipinski definition) is 6. The van der Waals surface area contributed by atoms with Crippen molar-refractivity contribution in [2.75, 3.05) is 13.1 Å². The van der Waals surface area contributed by atoms with Crippen LogP contribution >= 0.6 is 0 Å². The van der Waals surface area contributed by atoms with Crippen molar-refractivity contribution in [2.24, 2.45) is 10.2 Å². The molecule has 28 heavy (non-hydrogen) atoms. The van der Waals surface area contributed by atoms with Crippen molar-refractivity contribution < 1.29 is 13.5 Å². The zero-order valence-corrected chi connectivity index (χ0v) is 16.9. The maximum absolute atomic E-state index is 12.5. The second-order valence-corrected chi connectivity index (χ2v) is 8.01. The zero-order valence-electron chi connectivity index (χ0n) is 16.1. The lowest BCUT2D eigenvalue weighted by Crippen LogP contribution is -2.30. The Morgan fingerprint density at radius 3 is 2.39 bits per heavy atom. The predicted molar refractivity (Wildman–Crippen MR) is 108 cm³/mol. The molecule has 1 aromatic carbocycles. The highest BCUT2D eigenvalue weighted by molar-refractivity contribution is 7.89. The fourth-order valence-electron chi connectivity index (χ4n) is 3.09. The first kappa shape index (κ1) is 20.0. The summed E-state index contributed by atoms with van der Waals surface area (Å²) in [7, 11) is -3.57. The minimum absolute atomic E-state index is 0.0354. The van der Waals surface area contributed by atoms with E-state index in [1.54, 1.807) is 18.4 Å². The van der Waals surface area contributed by atoms with Gasteiger partial charge in [-0.3, -0.25) is 0 Å². The molecule has 1 N–H and O–H groups in total. The topological polar surface area (TPSA) is 100 Å². The number of aryl methyl sites for hydroxylation is 1. The van der Waals surface area contributed by atoms with Crippen LogP contribution in [-0.2, 0) is 16.6 Å². The highest BCUT2D eigenvalue weighted by atomic mass is 32.2. The smallest absolute Gasteiger partial charge is 0.244 e. The van der Waals surface area contributed by atoms with Crippen LogP contribution < -0.4 is 0 Å². The van der Waals surface area contributed by atoms with Gasteiger partial charge in [-0.1, -0.05) is 32.0 Å². The van der Waals surface area contributed by atoms with Crippen molar-refractivity contribution in [3.8, 4) is 5.88 Å². The Morgan fingerprint density at radius 2 is 1.79 bits per heavy atom. The third-order valence-corrected chi connectivity index (χ3v) is 6.58. The minimum Gasteiger partial charge on any atom is -0.493 e. The van der Waals surface area contributed by atoms with E-state index in [0.717, 1.165) is 10.9 Å². The number of pyridine rings is 1. The largest absolute Gasteiger partial charge is 0.493 e. The van der Waals surface area contributed by atoms with Gasteiger partial charge in [-0.05, 0) is 25.1 Å². The number of fused-ring (bicyclic) bond motifs is 1. The molecular formula is C19H23N5O3S. The van der Waals surface area contributed by atoms with Crippen molar-refractivity contribution in [3.63, 3.8) is 0 Å². The average molecular weight is 401 g/mol. The highest BCUT2D eigenvalue weighted by Gasteiger charge is 2.21. The second-order valence-electron chi connectivity index (χ2n) is 6.08. The molecule has 2 aromatic heterocycles. The van der Waals surface area contributed by atoms with Crippen molar-refractivity contribution in [2.45, 2.75) is 32.2 Å². The van der Waals surface area contributed by atoms with Crippen LogP contribution in [0.2, 0.25) is 0 Å². The highest BCUT2D eigenvalue weighted by Crippen LogP contribution is 2.39. The monoisotopic (exact) mass is 401 g/mol. The van der Waals surface area contributed by atoms with Crippen LogP contribution in [0.5, 0.6) is 5.88 Å². The lowest BCUT2D eigenvalue weighted by atomic mass is 10.2. The Labute approximate surface area is 164 Å². The number of azo groups is 1. The maximum Gasteiger partial charge on any atom is 0.244 e. The van der Waals surface area contributed by atoms with Crippen molar-refractivity contribution in [3.05, 3.63) is 42.6 Å². The lowest BCUT2D eigenvalue weighted by Gasteiger charge is -2.17. The van der Waals surface area contributed by atoms with Gasteiger partial charge in [0.25, 0.3) is 0 Å². The SMILES string of the molecule is CCN(CC)S(=O)(=O)c1ccc(N=Nc2c(O)n(CC)c3ccccc23)nc1. The molecule has 0 unspecified atom stereocenters. The Bertz CT molecular complexity index is 1100. The molecule has 8 nitrogen and oxygen atoms in total. The number of aromatic nitrogens is 2. The summed E-state index contributed by atoms with van der Waals surface area (Å²) in [6, 6.07) is 10.5. The van der Waals surface area contributed by atoms with E-state index in [1.807, 2.05) is 31.2 Å². The molecule has 0 atom stereocenters. The van der Waals surface area contributed by atoms with Gasteiger partial charge in [0.2, 0.25) is 15.9 Å². The molecule has 148 valence electrons. The van der Waals surface area contributed by atoms with E-state index in [4.69, 9.17) is 0 Å². The van der Waals surface area contributed by atoms with E-state index in [-0.39, 0.29) is 16.6 Å². The van der Waals surface area contributed by atoms with Crippen LogP contribution in [0, 0.1) is 0 Å². The molecule has 0 bridgehead atoms. The maximum atomic E-state index is 12.5. The van der Waals surface area contributed by atoms with E-state index in [1.165, 1.54) is 22.6 Å². The van der Waals surface area contributed by atoms with Crippen LogP contribution in [0.3, 0.4) is 0 Å². The number of nitrogens with zero attached hydrogens (tertiary/aromatic N) is 5. The molecule has 0 aliphatic heterocycles. The fraction of sp³-hybridized carbons (Fsp3) is 0.316. The molecule has 3 rings (SSSR count). The van der Waals surface area contributed by atoms with E-state index >= 15 is 0 Å². The first-order valence-electron chi connectivity index (χ1n) is 9.12. The summed E-state index contributed by atoms with van der Waals surface area (Å²) in [6.45, 7) is 6.89. The number of hydrogen-bond donors (Lipinski definition) is 1. The summed E-state index contributed by atoms with van der Waals surface area (Å²) in [6.07, 6.45) is 1.27. The van der Waals surface area contributed by atoms with Gasteiger partial charge in [-0.15, -0.1) is 10.2 Å². The van der Waals surface area contributed by atoms with E-state index in [9.17, 15) is 13.5 Å². The summed E-state index contributed by atoms with van der Waals surface area (Å²) in [5.74, 6) is 0.291. The molecule has 9 heteroatoms. The molecule has 0 saturated carbocycles. The minimum atomic E-state index is -3.57. The number of aromatic hydroxyl groups is 1. The first-order chi connectivity index (χ1) is 13.4. The Balaban J connectivity index is 1.93. The third-order valence-electron chi connectivity index (χ3n) is 4.55. The van der Waals surface area contributed by atoms with Gasteiger partial charge in [-0.2, -0.15) is 4.31 Å². The molecule has 0 saturated heterocycles. The van der Waals surface area contributed by atoms with Gasteiger partial charge < -0.3 is 9.67 Å². The molecule has 0 spiro atoms. The molecule has 3 aromatic rings. The molecule has 0 aliphatic rings. The molecule has 0 amide bonds. The molecule has 2 heterocycles. The summed E-state index contributed by atoms with van der Waals surface area (Å²) in [4.78, 5) is 4.20. The molecule has 0 radical (unpaired) electrons. The Hall–Kier alpha value is -2.78. The first-order valence-corrected chi connectivity index (χ1v) is 10.6. The van der Waals surface area contributed by atoms with E-state index in [2.05, 4.69) is 15.2 Å². The Kier molecular flexibility index (Phi) is 5.76. The van der Waals surface area contributed by atoms with Gasteiger partial charge in [0.15, 0.2) is 11.5 Å². The summed E-state index contributed by atoms with van der Waals surface area (Å²) in [5.41, 5.74) is 1.23. The van der Waals surface area contributed by atoms with Crippen LogP contribution in [0.4, 0.5) is 11.5 Å². The standard InChI is InChI=1S/C19H23N5O3S/c1-4-23(5-2)28(26,27)14-11-12-17(20-13-14)21-22-18-15-9-7-8-10-16(15)24(6-3)19(18)25/h7-13,25H,4-6H2,1-3H3. The van der Waals surface area contributed by atoms with Crippen LogP contribution in [-0.4, -0.2) is 40.5 Å². The van der Waals surface area contributed by atoms with Crippen LogP contribution in [0.1, 0.15) is 20.8 Å². The zero-order chi connectivity index (χ0) is 20.3. The van der Waals surface area contributed by atoms with Crippen molar-refractivity contribution >= 4 is 32.4 Å². The number of sulfonamides is 1. The van der Waals surface area contributed by atoms with E-state index < -0.39 is 10.0 Å². The molecule has 0 aliphatic carbocycles. The van der Waals surface area contributed by atoms with Gasteiger partial charge >= 0.3 is 0 Å². The predicted octanol–water partition coefficient (Wildman–Crippen LogP) is 4.21. The van der Waals surface area contributed by atoms with E-state index in [0.29, 0.717) is 25.3 Å². The number of rotatable bonds is 7. The lowest BCUT2D eigenvalue weighted by molar-refractivity contribution is 0.427. The van der Waals surface area contributed by atoms with Crippen LogP contribution in [0.15, 0.2) is 57.7 Å². The van der Waals surface area contributed by atoms with Gasteiger partial charge in [0, 0.05) is 31.2 Å². The summed E-state index contributed by atoms with van der Waals surface area (Å²) >= 11 is 0. The summed E-state index contributed by atoms with van der Waals surface area (Å²) in [5, 5.41) is 19.5. The normalized spacial score (nSPS) is 12.4. The molecular weight excluding hydrogens is 378 g/mol. The van der Waals surface area contributed by atoms with Gasteiger partial charge in [0.05, 0.1) is 5.52 Å². The molecule has 0 fully saturated rings. The summed E-state index contributed by atoms with van der Waals surface area (Å²) < 4.78 is 28.1. The quantitative estimate of drug-likeness (QED) is 0.599. The fourth-order valence-corrected chi connectivity index (χ4v) is 4.49. The second kappa shape index (κ2) is 8.07. The van der Waals surface area contributed by atoms with Gasteiger partial charge in [-0.25, -0.2) is 13.4 Å². The number of para-hydroxylation sites is 1. The van der Waals surface area contributed by atoms with Crippen LogP contribution in [0.25, 0.3) is 10.9 Å². The van der Waals surface area contributed by atoms with Crippen molar-refractivity contribution in [1.29, 1.82) is 0 Å². The average Bonchev–Trinajstić information content (AvgIpc) is 2.98. The van der Waals surface area contributed by atoms with Gasteiger partial charge in [0.1, 0.15) is 4.90 Å². The third kappa shape index (κ3) is 3.50.